The summed E-state index contributed by atoms with van der Waals surface area (Å²) in [5, 5.41) is 9.84. The molecular formula is C13H13Cl2NO3. The lowest BCUT2D eigenvalue weighted by Crippen LogP contribution is -2.29. The van der Waals surface area contributed by atoms with E-state index >= 15 is 0 Å². The van der Waals surface area contributed by atoms with E-state index in [4.69, 9.17) is 28.3 Å². The predicted octanol–water partition coefficient (Wildman–Crippen LogP) is 2.99. The summed E-state index contributed by atoms with van der Waals surface area (Å²) < 4.78 is 0. The van der Waals surface area contributed by atoms with Gasteiger partial charge in [-0.15, -0.1) is 0 Å². The standard InChI is InChI=1S/C13H13Cl2NO3/c1-7(8-2-3-10(14)11(15)4-8)16-6-9(13(18)19)5-12(16)17/h2-4,7,9H,5-6H2,1H3,(H,18,19). The molecule has 2 atom stereocenters. The van der Waals surface area contributed by atoms with E-state index < -0.39 is 11.9 Å². The van der Waals surface area contributed by atoms with E-state index in [9.17, 15) is 9.59 Å². The number of benzene rings is 1. The number of halogens is 2. The zero-order valence-corrected chi connectivity index (χ0v) is 11.8. The molecule has 1 aromatic rings. The van der Waals surface area contributed by atoms with Crippen LogP contribution in [-0.4, -0.2) is 28.4 Å². The lowest BCUT2D eigenvalue weighted by atomic mass is 10.1. The van der Waals surface area contributed by atoms with Gasteiger partial charge >= 0.3 is 5.97 Å². The molecule has 1 amide bonds. The van der Waals surface area contributed by atoms with Gasteiger partial charge in [-0.1, -0.05) is 29.3 Å². The molecule has 4 nitrogen and oxygen atoms in total. The molecule has 1 aromatic carbocycles. The van der Waals surface area contributed by atoms with Gasteiger partial charge in [0.2, 0.25) is 5.91 Å². The van der Waals surface area contributed by atoms with E-state index in [0.29, 0.717) is 10.0 Å². The molecule has 0 saturated carbocycles. The minimum atomic E-state index is -0.933. The highest BCUT2D eigenvalue weighted by atomic mass is 35.5. The van der Waals surface area contributed by atoms with E-state index in [1.165, 1.54) is 0 Å². The number of aliphatic carboxylic acids is 1. The Labute approximate surface area is 120 Å². The van der Waals surface area contributed by atoms with Crippen LogP contribution >= 0.6 is 23.2 Å². The van der Waals surface area contributed by atoms with Crippen molar-refractivity contribution in [2.75, 3.05) is 6.54 Å². The Hall–Kier alpha value is -1.26. The molecule has 19 heavy (non-hydrogen) atoms. The first kappa shape index (κ1) is 14.2. The van der Waals surface area contributed by atoms with Gasteiger partial charge in [-0.3, -0.25) is 9.59 Å². The third kappa shape index (κ3) is 2.85. The fourth-order valence-corrected chi connectivity index (χ4v) is 2.53. The summed E-state index contributed by atoms with van der Waals surface area (Å²) in [6.07, 6.45) is 0.0565. The quantitative estimate of drug-likeness (QED) is 0.934. The SMILES string of the molecule is CC(c1ccc(Cl)c(Cl)c1)N1CC(C(=O)O)CC1=O. The van der Waals surface area contributed by atoms with Crippen LogP contribution in [0.25, 0.3) is 0 Å². The molecular weight excluding hydrogens is 289 g/mol. The molecule has 2 rings (SSSR count). The number of amides is 1. The van der Waals surface area contributed by atoms with Crippen molar-refractivity contribution in [3.05, 3.63) is 33.8 Å². The van der Waals surface area contributed by atoms with E-state index in [0.717, 1.165) is 5.56 Å². The summed E-state index contributed by atoms with van der Waals surface area (Å²) in [5.41, 5.74) is 0.841. The minimum Gasteiger partial charge on any atom is -0.481 e. The Morgan fingerprint density at radius 3 is 2.63 bits per heavy atom. The van der Waals surface area contributed by atoms with Gasteiger partial charge in [0.1, 0.15) is 0 Å². The number of carbonyl (C=O) groups excluding carboxylic acids is 1. The fraction of sp³-hybridized carbons (Fsp3) is 0.385. The van der Waals surface area contributed by atoms with Crippen molar-refractivity contribution in [2.45, 2.75) is 19.4 Å². The summed E-state index contributed by atoms with van der Waals surface area (Å²) >= 11 is 11.8. The summed E-state index contributed by atoms with van der Waals surface area (Å²) in [4.78, 5) is 24.4. The smallest absolute Gasteiger partial charge is 0.308 e. The number of hydrogen-bond donors (Lipinski definition) is 1. The van der Waals surface area contributed by atoms with Crippen LogP contribution in [0.15, 0.2) is 18.2 Å². The van der Waals surface area contributed by atoms with Gasteiger partial charge in [-0.2, -0.15) is 0 Å². The zero-order chi connectivity index (χ0) is 14.2. The summed E-state index contributed by atoms with van der Waals surface area (Å²) in [6, 6.07) is 4.95. The first-order valence-corrected chi connectivity index (χ1v) is 6.63. The molecule has 0 aliphatic carbocycles. The third-order valence-corrected chi connectivity index (χ3v) is 4.14. The van der Waals surface area contributed by atoms with Gasteiger partial charge < -0.3 is 10.0 Å². The van der Waals surface area contributed by atoms with Gasteiger partial charge in [0.25, 0.3) is 0 Å². The molecule has 1 saturated heterocycles. The first-order valence-electron chi connectivity index (χ1n) is 5.87. The molecule has 6 heteroatoms. The van der Waals surface area contributed by atoms with E-state index in [1.807, 2.05) is 6.92 Å². The van der Waals surface area contributed by atoms with Crippen LogP contribution < -0.4 is 0 Å². The van der Waals surface area contributed by atoms with Gasteiger partial charge in [0, 0.05) is 13.0 Å². The summed E-state index contributed by atoms with van der Waals surface area (Å²) in [5.74, 6) is -1.71. The highest BCUT2D eigenvalue weighted by Crippen LogP contribution is 2.31. The fourth-order valence-electron chi connectivity index (χ4n) is 2.22. The molecule has 0 aromatic heterocycles. The Bertz CT molecular complexity index is 533. The van der Waals surface area contributed by atoms with Crippen molar-refractivity contribution in [2.24, 2.45) is 5.92 Å². The van der Waals surface area contributed by atoms with Crippen LogP contribution in [0.5, 0.6) is 0 Å². The van der Waals surface area contributed by atoms with Crippen LogP contribution in [0.4, 0.5) is 0 Å². The molecule has 1 N–H and O–H groups in total. The van der Waals surface area contributed by atoms with Crippen LogP contribution in [0, 0.1) is 5.92 Å². The Balaban J connectivity index is 2.19. The summed E-state index contributed by atoms with van der Waals surface area (Å²) in [6.45, 7) is 2.08. The molecule has 0 radical (unpaired) electrons. The Morgan fingerprint density at radius 1 is 1.42 bits per heavy atom. The lowest BCUT2D eigenvalue weighted by molar-refractivity contribution is -0.141. The van der Waals surface area contributed by atoms with E-state index in [-0.39, 0.29) is 24.9 Å². The third-order valence-electron chi connectivity index (χ3n) is 3.40. The average molecular weight is 302 g/mol. The molecule has 102 valence electrons. The number of rotatable bonds is 3. The van der Waals surface area contributed by atoms with Crippen LogP contribution in [0.2, 0.25) is 10.0 Å². The number of nitrogens with zero attached hydrogens (tertiary/aromatic N) is 1. The molecule has 1 heterocycles. The normalized spacial score (nSPS) is 20.7. The maximum absolute atomic E-state index is 11.9. The van der Waals surface area contributed by atoms with Gasteiger partial charge in [0.15, 0.2) is 0 Å². The molecule has 0 spiro atoms. The minimum absolute atomic E-state index is 0.0565. The lowest BCUT2D eigenvalue weighted by Gasteiger charge is -2.25. The van der Waals surface area contributed by atoms with Crippen LogP contribution in [0.1, 0.15) is 24.9 Å². The number of carboxylic acids is 1. The predicted molar refractivity (Wildman–Crippen MR) is 72.3 cm³/mol. The van der Waals surface area contributed by atoms with E-state index in [1.54, 1.807) is 23.1 Å². The van der Waals surface area contributed by atoms with Crippen LogP contribution in [0.3, 0.4) is 0 Å². The highest BCUT2D eigenvalue weighted by Gasteiger charge is 2.36. The molecule has 0 bridgehead atoms. The van der Waals surface area contributed by atoms with Crippen molar-refractivity contribution in [1.82, 2.24) is 4.90 Å². The maximum Gasteiger partial charge on any atom is 0.308 e. The van der Waals surface area contributed by atoms with E-state index in [2.05, 4.69) is 0 Å². The van der Waals surface area contributed by atoms with Gasteiger partial charge in [-0.05, 0) is 24.6 Å². The number of carboxylic acid groups (broad SMARTS) is 1. The molecule has 1 fully saturated rings. The summed E-state index contributed by atoms with van der Waals surface area (Å²) in [7, 11) is 0. The zero-order valence-electron chi connectivity index (χ0n) is 10.3. The number of hydrogen-bond acceptors (Lipinski definition) is 2. The monoisotopic (exact) mass is 301 g/mol. The maximum atomic E-state index is 11.9. The first-order chi connectivity index (χ1) is 8.90. The molecule has 1 aliphatic rings. The highest BCUT2D eigenvalue weighted by molar-refractivity contribution is 6.42. The van der Waals surface area contributed by atoms with Crippen molar-refractivity contribution >= 4 is 35.1 Å². The Kier molecular flexibility index (Phi) is 4.02. The van der Waals surface area contributed by atoms with Crippen LogP contribution in [-0.2, 0) is 9.59 Å². The van der Waals surface area contributed by atoms with Crippen molar-refractivity contribution in [3.8, 4) is 0 Å². The van der Waals surface area contributed by atoms with Crippen molar-refractivity contribution in [1.29, 1.82) is 0 Å². The second-order valence-electron chi connectivity index (χ2n) is 4.63. The molecule has 2 unspecified atom stereocenters. The average Bonchev–Trinajstić information content (AvgIpc) is 2.74. The second kappa shape index (κ2) is 5.39. The van der Waals surface area contributed by atoms with Crippen molar-refractivity contribution in [3.63, 3.8) is 0 Å². The number of carbonyl (C=O) groups is 2. The topological polar surface area (TPSA) is 57.6 Å². The Morgan fingerprint density at radius 2 is 2.11 bits per heavy atom. The van der Waals surface area contributed by atoms with Crippen molar-refractivity contribution < 1.29 is 14.7 Å². The number of likely N-dealkylation sites (tertiary alicyclic amines) is 1. The largest absolute Gasteiger partial charge is 0.481 e. The molecule has 1 aliphatic heterocycles. The second-order valence-corrected chi connectivity index (χ2v) is 5.45. The van der Waals surface area contributed by atoms with Gasteiger partial charge in [-0.25, -0.2) is 0 Å². The van der Waals surface area contributed by atoms with Gasteiger partial charge in [0.05, 0.1) is 22.0 Å².